The summed E-state index contributed by atoms with van der Waals surface area (Å²) in [7, 11) is 4.07. The van der Waals surface area contributed by atoms with E-state index in [1.54, 1.807) is 11.3 Å². The van der Waals surface area contributed by atoms with Crippen LogP contribution in [0.3, 0.4) is 0 Å². The van der Waals surface area contributed by atoms with Crippen molar-refractivity contribution in [1.82, 2.24) is 14.7 Å². The van der Waals surface area contributed by atoms with Crippen molar-refractivity contribution >= 4 is 22.1 Å². The fraction of sp³-hybridized carbons (Fsp3) is 0.545. The van der Waals surface area contributed by atoms with Crippen LogP contribution in [0.1, 0.15) is 19.0 Å². The Hall–Kier alpha value is -1.07. The highest BCUT2D eigenvalue weighted by Gasteiger charge is 2.15. The zero-order valence-corrected chi connectivity index (χ0v) is 10.8. The van der Waals surface area contributed by atoms with Gasteiger partial charge in [-0.15, -0.1) is 11.3 Å². The van der Waals surface area contributed by atoms with Crippen LogP contribution in [-0.2, 0) is 6.54 Å². The van der Waals surface area contributed by atoms with Gasteiger partial charge in [0.1, 0.15) is 0 Å². The van der Waals surface area contributed by atoms with E-state index in [1.807, 2.05) is 7.05 Å². The molecule has 0 bridgehead atoms. The van der Waals surface area contributed by atoms with Crippen molar-refractivity contribution in [3.05, 3.63) is 17.3 Å². The third-order valence-electron chi connectivity index (χ3n) is 2.60. The zero-order valence-electron chi connectivity index (χ0n) is 10.0. The van der Waals surface area contributed by atoms with Gasteiger partial charge in [0.15, 0.2) is 10.8 Å². The molecule has 5 heteroatoms. The maximum atomic E-state index is 4.68. The van der Waals surface area contributed by atoms with Crippen LogP contribution in [0.4, 0.5) is 5.82 Å². The predicted molar refractivity (Wildman–Crippen MR) is 69.4 cm³/mol. The Morgan fingerprint density at radius 1 is 1.56 bits per heavy atom. The van der Waals surface area contributed by atoms with Crippen LogP contribution in [0.15, 0.2) is 11.6 Å². The van der Waals surface area contributed by atoms with Gasteiger partial charge in [0.2, 0.25) is 0 Å². The summed E-state index contributed by atoms with van der Waals surface area (Å²) < 4.78 is 2.17. The summed E-state index contributed by atoms with van der Waals surface area (Å²) >= 11 is 1.68. The van der Waals surface area contributed by atoms with Crippen molar-refractivity contribution in [2.45, 2.75) is 19.9 Å². The molecule has 0 saturated carbocycles. The van der Waals surface area contributed by atoms with E-state index in [4.69, 9.17) is 0 Å². The van der Waals surface area contributed by atoms with Crippen LogP contribution < -0.4 is 10.2 Å². The van der Waals surface area contributed by atoms with Crippen molar-refractivity contribution < 1.29 is 0 Å². The van der Waals surface area contributed by atoms with E-state index in [2.05, 4.69) is 45.1 Å². The SMILES string of the molecule is CCCN(C)c1nc2sccn2c1CNC. The average molecular weight is 238 g/mol. The van der Waals surface area contributed by atoms with E-state index in [1.165, 1.54) is 5.69 Å². The predicted octanol–water partition coefficient (Wildman–Crippen LogP) is 1.96. The fourth-order valence-electron chi connectivity index (χ4n) is 1.90. The second-order valence-corrected chi connectivity index (χ2v) is 4.76. The van der Waals surface area contributed by atoms with Crippen molar-refractivity contribution in [1.29, 1.82) is 0 Å². The first-order valence-corrected chi connectivity index (χ1v) is 6.46. The molecule has 0 aliphatic heterocycles. The molecule has 0 radical (unpaired) electrons. The molecule has 0 amide bonds. The summed E-state index contributed by atoms with van der Waals surface area (Å²) in [6.07, 6.45) is 3.23. The molecule has 0 saturated heterocycles. The third-order valence-corrected chi connectivity index (χ3v) is 3.36. The summed E-state index contributed by atoms with van der Waals surface area (Å²) in [5.74, 6) is 1.10. The molecule has 16 heavy (non-hydrogen) atoms. The molecule has 0 aromatic carbocycles. The van der Waals surface area contributed by atoms with Gasteiger partial charge in [-0.05, 0) is 13.5 Å². The number of rotatable bonds is 5. The maximum Gasteiger partial charge on any atom is 0.195 e. The highest BCUT2D eigenvalue weighted by Crippen LogP contribution is 2.23. The molecule has 0 fully saturated rings. The van der Waals surface area contributed by atoms with E-state index in [0.29, 0.717) is 0 Å². The Bertz CT molecular complexity index is 459. The van der Waals surface area contributed by atoms with Gasteiger partial charge < -0.3 is 10.2 Å². The lowest BCUT2D eigenvalue weighted by Crippen LogP contribution is -2.21. The molecule has 2 aromatic heterocycles. The number of nitrogens with zero attached hydrogens (tertiary/aromatic N) is 3. The molecule has 4 nitrogen and oxygen atoms in total. The largest absolute Gasteiger partial charge is 0.358 e. The maximum absolute atomic E-state index is 4.68. The monoisotopic (exact) mass is 238 g/mol. The number of anilines is 1. The van der Waals surface area contributed by atoms with E-state index in [9.17, 15) is 0 Å². The minimum absolute atomic E-state index is 0.848. The molecular weight excluding hydrogens is 220 g/mol. The molecule has 1 N–H and O–H groups in total. The molecule has 0 unspecified atom stereocenters. The fourth-order valence-corrected chi connectivity index (χ4v) is 2.63. The molecule has 2 aromatic rings. The standard InChI is InChI=1S/C11H18N4S/c1-4-5-14(3)10-9(8-12-2)15-6-7-16-11(15)13-10/h6-7,12H,4-5,8H2,1-3H3. The van der Waals surface area contributed by atoms with Gasteiger partial charge in [0, 0.05) is 31.7 Å². The Labute approximate surface area is 99.9 Å². The molecule has 88 valence electrons. The normalized spacial score (nSPS) is 11.2. The smallest absolute Gasteiger partial charge is 0.195 e. The highest BCUT2D eigenvalue weighted by atomic mass is 32.1. The van der Waals surface area contributed by atoms with E-state index in [0.717, 1.165) is 30.3 Å². The van der Waals surface area contributed by atoms with Gasteiger partial charge in [-0.3, -0.25) is 4.40 Å². The van der Waals surface area contributed by atoms with Crippen LogP contribution in [-0.4, -0.2) is 30.0 Å². The second-order valence-electron chi connectivity index (χ2n) is 3.89. The Kier molecular flexibility index (Phi) is 3.46. The summed E-state index contributed by atoms with van der Waals surface area (Å²) in [6.45, 7) is 4.08. The molecule has 2 heterocycles. The van der Waals surface area contributed by atoms with Gasteiger partial charge in [0.05, 0.1) is 5.69 Å². The van der Waals surface area contributed by atoms with Crippen LogP contribution >= 0.6 is 11.3 Å². The number of aromatic nitrogens is 2. The van der Waals surface area contributed by atoms with Crippen molar-refractivity contribution in [3.63, 3.8) is 0 Å². The van der Waals surface area contributed by atoms with Gasteiger partial charge in [-0.25, -0.2) is 4.98 Å². The van der Waals surface area contributed by atoms with Crippen LogP contribution in [0.5, 0.6) is 0 Å². The summed E-state index contributed by atoms with van der Waals surface area (Å²) in [5.41, 5.74) is 1.25. The first-order chi connectivity index (χ1) is 7.77. The number of imidazole rings is 1. The summed E-state index contributed by atoms with van der Waals surface area (Å²) in [6, 6.07) is 0. The van der Waals surface area contributed by atoms with Crippen molar-refractivity contribution in [2.75, 3.05) is 25.5 Å². The lowest BCUT2D eigenvalue weighted by atomic mass is 10.3. The highest BCUT2D eigenvalue weighted by molar-refractivity contribution is 7.15. The van der Waals surface area contributed by atoms with E-state index >= 15 is 0 Å². The molecule has 0 atom stereocenters. The number of hydrogen-bond acceptors (Lipinski definition) is 4. The van der Waals surface area contributed by atoms with Gasteiger partial charge in [-0.2, -0.15) is 0 Å². The molecule has 0 aliphatic rings. The lowest BCUT2D eigenvalue weighted by molar-refractivity contribution is 0.767. The van der Waals surface area contributed by atoms with Gasteiger partial charge in [0.25, 0.3) is 0 Å². The van der Waals surface area contributed by atoms with Crippen molar-refractivity contribution in [3.8, 4) is 0 Å². The van der Waals surface area contributed by atoms with Crippen molar-refractivity contribution in [2.24, 2.45) is 0 Å². The minimum Gasteiger partial charge on any atom is -0.358 e. The molecular formula is C11H18N4S. The average Bonchev–Trinajstić information content (AvgIpc) is 2.81. The van der Waals surface area contributed by atoms with E-state index < -0.39 is 0 Å². The molecule has 0 aliphatic carbocycles. The third kappa shape index (κ3) is 1.92. The minimum atomic E-state index is 0.848. The first-order valence-electron chi connectivity index (χ1n) is 5.58. The Morgan fingerprint density at radius 3 is 3.06 bits per heavy atom. The molecule has 2 rings (SSSR count). The van der Waals surface area contributed by atoms with Crippen LogP contribution in [0.25, 0.3) is 4.96 Å². The number of fused-ring (bicyclic) bond motifs is 1. The first kappa shape index (κ1) is 11.4. The number of hydrogen-bond donors (Lipinski definition) is 1. The zero-order chi connectivity index (χ0) is 11.5. The molecule has 0 spiro atoms. The topological polar surface area (TPSA) is 32.6 Å². The Balaban J connectivity index is 2.41. The summed E-state index contributed by atoms with van der Waals surface area (Å²) in [4.78, 5) is 7.98. The number of nitrogens with one attached hydrogen (secondary N) is 1. The van der Waals surface area contributed by atoms with Gasteiger partial charge in [-0.1, -0.05) is 6.92 Å². The number of thiazole rings is 1. The quantitative estimate of drug-likeness (QED) is 0.864. The second kappa shape index (κ2) is 4.84. The Morgan fingerprint density at radius 2 is 2.38 bits per heavy atom. The van der Waals surface area contributed by atoms with Gasteiger partial charge >= 0.3 is 0 Å². The van der Waals surface area contributed by atoms with Crippen LogP contribution in [0.2, 0.25) is 0 Å². The summed E-state index contributed by atoms with van der Waals surface area (Å²) in [5, 5.41) is 5.28. The van der Waals surface area contributed by atoms with Crippen LogP contribution in [0, 0.1) is 0 Å². The lowest BCUT2D eigenvalue weighted by Gasteiger charge is -2.17. The van der Waals surface area contributed by atoms with E-state index in [-0.39, 0.29) is 0 Å².